The second-order valence-electron chi connectivity index (χ2n) is 9.81. The van der Waals surface area contributed by atoms with E-state index in [0.29, 0.717) is 49.6 Å². The van der Waals surface area contributed by atoms with Gasteiger partial charge < -0.3 is 24.7 Å². The summed E-state index contributed by atoms with van der Waals surface area (Å²) in [6.45, 7) is 4.64. The molecule has 2 fully saturated rings. The van der Waals surface area contributed by atoms with Crippen molar-refractivity contribution in [1.82, 2.24) is 24.8 Å². The maximum Gasteiger partial charge on any atom is 0.270 e. The molecule has 0 radical (unpaired) electrons. The van der Waals surface area contributed by atoms with Crippen LogP contribution in [0.3, 0.4) is 0 Å². The van der Waals surface area contributed by atoms with Gasteiger partial charge in [-0.25, -0.2) is 9.97 Å². The molecule has 4 aromatic rings. The number of fused-ring (bicyclic) bond motifs is 1. The molecule has 2 unspecified atom stereocenters. The standard InChI is InChI=1S/C28H30N6O3/c1-18-2-4-21(14-18)37-22-6-8-29-25(17-22)24-7-9-30-28(33-24)31-20-3-5-23-19(15-20)16-26(32-23)27(35)34-10-12-36-13-11-34/h3,5-9,15-18,21,32H,2,4,10-14H2,1H3,(H,30,31,33). The predicted molar refractivity (Wildman–Crippen MR) is 141 cm³/mol. The van der Waals surface area contributed by atoms with Crippen LogP contribution in [-0.2, 0) is 4.74 Å². The van der Waals surface area contributed by atoms with Crippen molar-refractivity contribution in [1.29, 1.82) is 0 Å². The highest BCUT2D eigenvalue weighted by Gasteiger charge is 2.23. The fourth-order valence-electron chi connectivity index (χ4n) is 5.03. The van der Waals surface area contributed by atoms with Crippen LogP contribution in [0.2, 0.25) is 0 Å². The van der Waals surface area contributed by atoms with Crippen LogP contribution in [0.15, 0.2) is 54.9 Å². The summed E-state index contributed by atoms with van der Waals surface area (Å²) in [5.41, 5.74) is 3.75. The largest absolute Gasteiger partial charge is 0.490 e. The van der Waals surface area contributed by atoms with Gasteiger partial charge in [-0.05, 0) is 61.6 Å². The monoisotopic (exact) mass is 498 g/mol. The number of carbonyl (C=O) groups excluding carboxylic acids is 1. The first kappa shape index (κ1) is 23.4. The lowest BCUT2D eigenvalue weighted by atomic mass is 10.1. The molecule has 2 atom stereocenters. The van der Waals surface area contributed by atoms with Crippen molar-refractivity contribution >= 4 is 28.4 Å². The van der Waals surface area contributed by atoms with Crippen LogP contribution in [0.1, 0.15) is 36.7 Å². The number of nitrogens with one attached hydrogen (secondary N) is 2. The number of ether oxygens (including phenoxy) is 2. The lowest BCUT2D eigenvalue weighted by Gasteiger charge is -2.26. The number of anilines is 2. The predicted octanol–water partition coefficient (Wildman–Crippen LogP) is 4.80. The zero-order chi connectivity index (χ0) is 25.2. The van der Waals surface area contributed by atoms with Gasteiger partial charge in [-0.2, -0.15) is 0 Å². The minimum Gasteiger partial charge on any atom is -0.490 e. The quantitative estimate of drug-likeness (QED) is 0.393. The second-order valence-corrected chi connectivity index (χ2v) is 9.81. The molecule has 9 nitrogen and oxygen atoms in total. The molecular weight excluding hydrogens is 468 g/mol. The second kappa shape index (κ2) is 10.2. The molecule has 6 rings (SSSR count). The van der Waals surface area contributed by atoms with Crippen LogP contribution in [-0.4, -0.2) is 63.2 Å². The van der Waals surface area contributed by atoms with Gasteiger partial charge in [0.2, 0.25) is 5.95 Å². The van der Waals surface area contributed by atoms with E-state index in [2.05, 4.69) is 32.2 Å². The Labute approximate surface area is 215 Å². The summed E-state index contributed by atoms with van der Waals surface area (Å²) in [5.74, 6) is 1.99. The number of aromatic nitrogens is 4. The Balaban J connectivity index is 1.17. The van der Waals surface area contributed by atoms with Gasteiger partial charge >= 0.3 is 0 Å². The SMILES string of the molecule is CC1CCC(Oc2ccnc(-c3ccnc(Nc4ccc5[nH]c(C(=O)N6CCOCC6)cc5c4)n3)c2)C1. The average Bonchev–Trinajstić information content (AvgIpc) is 3.54. The number of H-pyrrole nitrogens is 1. The summed E-state index contributed by atoms with van der Waals surface area (Å²) >= 11 is 0. The van der Waals surface area contributed by atoms with Gasteiger partial charge in [0.1, 0.15) is 11.4 Å². The number of aromatic amines is 1. The normalized spacial score (nSPS) is 19.8. The smallest absolute Gasteiger partial charge is 0.270 e. The molecule has 37 heavy (non-hydrogen) atoms. The van der Waals surface area contributed by atoms with Crippen LogP contribution in [0.5, 0.6) is 5.75 Å². The summed E-state index contributed by atoms with van der Waals surface area (Å²) in [6.07, 6.45) is 7.13. The van der Waals surface area contributed by atoms with E-state index in [9.17, 15) is 4.79 Å². The van der Waals surface area contributed by atoms with Crippen molar-refractivity contribution < 1.29 is 14.3 Å². The van der Waals surface area contributed by atoms with Gasteiger partial charge in [-0.3, -0.25) is 9.78 Å². The summed E-state index contributed by atoms with van der Waals surface area (Å²) in [7, 11) is 0. The third-order valence-electron chi connectivity index (χ3n) is 7.00. The molecule has 190 valence electrons. The highest BCUT2D eigenvalue weighted by molar-refractivity contribution is 5.98. The lowest BCUT2D eigenvalue weighted by Crippen LogP contribution is -2.40. The number of carbonyl (C=O) groups is 1. The average molecular weight is 499 g/mol. The van der Waals surface area contributed by atoms with Crippen molar-refractivity contribution in [3.8, 4) is 17.1 Å². The Hall–Kier alpha value is -3.98. The summed E-state index contributed by atoms with van der Waals surface area (Å²) in [5, 5.41) is 4.21. The Bertz CT molecular complexity index is 1410. The molecule has 4 heterocycles. The molecule has 1 aliphatic carbocycles. The van der Waals surface area contributed by atoms with E-state index in [1.807, 2.05) is 47.4 Å². The topological polar surface area (TPSA) is 105 Å². The van der Waals surface area contributed by atoms with Crippen molar-refractivity contribution in [2.24, 2.45) is 5.92 Å². The highest BCUT2D eigenvalue weighted by Crippen LogP contribution is 2.30. The van der Waals surface area contributed by atoms with Crippen molar-refractivity contribution in [2.45, 2.75) is 32.3 Å². The first-order chi connectivity index (χ1) is 18.1. The molecule has 9 heteroatoms. The molecule has 3 aromatic heterocycles. The maximum atomic E-state index is 12.8. The Morgan fingerprint density at radius 3 is 2.76 bits per heavy atom. The number of hydrogen-bond donors (Lipinski definition) is 2. The molecule has 2 aliphatic rings. The van der Waals surface area contributed by atoms with Gasteiger partial charge in [-0.1, -0.05) is 6.92 Å². The van der Waals surface area contributed by atoms with Crippen LogP contribution in [0, 0.1) is 5.92 Å². The van der Waals surface area contributed by atoms with E-state index in [1.165, 1.54) is 6.42 Å². The molecule has 1 aliphatic heterocycles. The van der Waals surface area contributed by atoms with Gasteiger partial charge in [0.15, 0.2) is 0 Å². The number of pyridine rings is 1. The van der Waals surface area contributed by atoms with E-state index >= 15 is 0 Å². The Morgan fingerprint density at radius 2 is 1.92 bits per heavy atom. The molecule has 1 saturated heterocycles. The number of benzene rings is 1. The summed E-state index contributed by atoms with van der Waals surface area (Å²) < 4.78 is 11.6. The number of hydrogen-bond acceptors (Lipinski definition) is 7. The minimum absolute atomic E-state index is 0.00815. The fraction of sp³-hybridized carbons (Fsp3) is 0.357. The van der Waals surface area contributed by atoms with E-state index < -0.39 is 0 Å². The van der Waals surface area contributed by atoms with Crippen LogP contribution in [0.25, 0.3) is 22.3 Å². The third-order valence-corrected chi connectivity index (χ3v) is 7.00. The van der Waals surface area contributed by atoms with Crippen LogP contribution in [0.4, 0.5) is 11.6 Å². The number of nitrogens with zero attached hydrogens (tertiary/aromatic N) is 4. The van der Waals surface area contributed by atoms with Crippen LogP contribution >= 0.6 is 0 Å². The number of morpholine rings is 1. The minimum atomic E-state index is -0.00815. The van der Waals surface area contributed by atoms with Gasteiger partial charge in [-0.15, -0.1) is 0 Å². The van der Waals surface area contributed by atoms with Gasteiger partial charge in [0, 0.05) is 48.1 Å². The van der Waals surface area contributed by atoms with Crippen molar-refractivity contribution in [3.05, 3.63) is 60.6 Å². The zero-order valence-corrected chi connectivity index (χ0v) is 20.8. The first-order valence-electron chi connectivity index (χ1n) is 12.8. The molecular formula is C28H30N6O3. The van der Waals surface area contributed by atoms with E-state index in [0.717, 1.165) is 40.9 Å². The molecule has 2 N–H and O–H groups in total. The zero-order valence-electron chi connectivity index (χ0n) is 20.8. The van der Waals surface area contributed by atoms with E-state index in [-0.39, 0.29) is 12.0 Å². The Morgan fingerprint density at radius 1 is 1.05 bits per heavy atom. The molecule has 0 spiro atoms. The number of rotatable bonds is 6. The lowest BCUT2D eigenvalue weighted by molar-refractivity contribution is 0.0299. The summed E-state index contributed by atoms with van der Waals surface area (Å²) in [6, 6.07) is 13.4. The van der Waals surface area contributed by atoms with E-state index in [4.69, 9.17) is 9.47 Å². The third kappa shape index (κ3) is 5.27. The maximum absolute atomic E-state index is 12.8. The fourth-order valence-corrected chi connectivity index (χ4v) is 5.03. The van der Waals surface area contributed by atoms with E-state index in [1.54, 1.807) is 12.4 Å². The molecule has 1 saturated carbocycles. The number of amides is 1. The van der Waals surface area contributed by atoms with Crippen LogP contribution < -0.4 is 10.1 Å². The van der Waals surface area contributed by atoms with Gasteiger partial charge in [0.05, 0.1) is 30.7 Å². The highest BCUT2D eigenvalue weighted by atomic mass is 16.5. The molecule has 1 aromatic carbocycles. The molecule has 0 bridgehead atoms. The molecule has 1 amide bonds. The Kier molecular flexibility index (Phi) is 6.44. The first-order valence-corrected chi connectivity index (χ1v) is 12.8. The van der Waals surface area contributed by atoms with Crippen molar-refractivity contribution in [3.63, 3.8) is 0 Å². The van der Waals surface area contributed by atoms with Gasteiger partial charge in [0.25, 0.3) is 5.91 Å². The van der Waals surface area contributed by atoms with Crippen molar-refractivity contribution in [2.75, 3.05) is 31.6 Å². The summed E-state index contributed by atoms with van der Waals surface area (Å²) in [4.78, 5) is 31.5.